The van der Waals surface area contributed by atoms with E-state index in [9.17, 15) is 0 Å². The van der Waals surface area contributed by atoms with Gasteiger partial charge in [0.15, 0.2) is 0 Å². The van der Waals surface area contributed by atoms with Crippen LogP contribution in [0.5, 0.6) is 5.75 Å². The predicted octanol–water partition coefficient (Wildman–Crippen LogP) is 2.31. The molecule has 0 amide bonds. The van der Waals surface area contributed by atoms with Gasteiger partial charge in [0.2, 0.25) is 0 Å². The van der Waals surface area contributed by atoms with Gasteiger partial charge in [-0.1, -0.05) is 12.1 Å². The van der Waals surface area contributed by atoms with E-state index >= 15 is 0 Å². The minimum Gasteiger partial charge on any atom is -0.497 e. The Bertz CT molecular complexity index is 423. The van der Waals surface area contributed by atoms with Crippen LogP contribution in [0.4, 0.5) is 0 Å². The van der Waals surface area contributed by atoms with Crippen LogP contribution in [-0.4, -0.2) is 44.7 Å². The van der Waals surface area contributed by atoms with Crippen LogP contribution in [0, 0.1) is 5.41 Å². The molecule has 0 saturated carbocycles. The van der Waals surface area contributed by atoms with Crippen molar-refractivity contribution in [2.75, 3.05) is 39.8 Å². The van der Waals surface area contributed by atoms with E-state index in [0.29, 0.717) is 5.41 Å². The van der Waals surface area contributed by atoms with Gasteiger partial charge in [0, 0.05) is 13.1 Å². The first-order valence-corrected chi connectivity index (χ1v) is 7.86. The molecular formula is C17H26N2O. The van der Waals surface area contributed by atoms with Gasteiger partial charge in [-0.05, 0) is 68.4 Å². The van der Waals surface area contributed by atoms with E-state index in [1.54, 1.807) is 7.11 Å². The van der Waals surface area contributed by atoms with Gasteiger partial charge in [0.05, 0.1) is 7.11 Å². The van der Waals surface area contributed by atoms with Gasteiger partial charge in [0.1, 0.15) is 5.75 Å². The molecule has 1 aromatic rings. The second kappa shape index (κ2) is 6.15. The first-order valence-electron chi connectivity index (χ1n) is 7.86. The average molecular weight is 274 g/mol. The van der Waals surface area contributed by atoms with Crippen LogP contribution in [-0.2, 0) is 6.42 Å². The molecule has 2 fully saturated rings. The molecule has 3 heteroatoms. The zero-order valence-electron chi connectivity index (χ0n) is 12.5. The van der Waals surface area contributed by atoms with Crippen molar-refractivity contribution in [1.29, 1.82) is 0 Å². The lowest BCUT2D eigenvalue weighted by molar-refractivity contribution is 0.197. The maximum atomic E-state index is 5.21. The number of nitrogens with one attached hydrogen (secondary N) is 1. The third kappa shape index (κ3) is 3.15. The van der Waals surface area contributed by atoms with E-state index in [1.165, 1.54) is 57.5 Å². The molecule has 2 aliphatic heterocycles. The highest BCUT2D eigenvalue weighted by molar-refractivity contribution is 5.27. The van der Waals surface area contributed by atoms with Crippen molar-refractivity contribution in [2.45, 2.75) is 25.7 Å². The van der Waals surface area contributed by atoms with E-state index < -0.39 is 0 Å². The van der Waals surface area contributed by atoms with Crippen molar-refractivity contribution in [1.82, 2.24) is 10.2 Å². The van der Waals surface area contributed by atoms with Gasteiger partial charge in [0.25, 0.3) is 0 Å². The molecule has 0 aromatic heterocycles. The topological polar surface area (TPSA) is 24.5 Å². The number of methoxy groups -OCH3 is 1. The van der Waals surface area contributed by atoms with Gasteiger partial charge < -0.3 is 15.0 Å². The Kier molecular flexibility index (Phi) is 4.27. The molecule has 1 spiro atoms. The van der Waals surface area contributed by atoms with Crippen LogP contribution < -0.4 is 10.1 Å². The molecule has 0 atom stereocenters. The Morgan fingerprint density at radius 3 is 2.60 bits per heavy atom. The highest BCUT2D eigenvalue weighted by Crippen LogP contribution is 2.38. The maximum Gasteiger partial charge on any atom is 0.118 e. The Hall–Kier alpha value is -1.06. The van der Waals surface area contributed by atoms with Gasteiger partial charge >= 0.3 is 0 Å². The molecule has 110 valence electrons. The van der Waals surface area contributed by atoms with E-state index in [4.69, 9.17) is 4.74 Å². The molecule has 0 bridgehead atoms. The van der Waals surface area contributed by atoms with Gasteiger partial charge in [-0.3, -0.25) is 0 Å². The van der Waals surface area contributed by atoms with Crippen molar-refractivity contribution in [3.8, 4) is 5.75 Å². The summed E-state index contributed by atoms with van der Waals surface area (Å²) in [5, 5.41) is 3.49. The fourth-order valence-electron chi connectivity index (χ4n) is 3.66. The normalized spacial score (nSPS) is 22.2. The largest absolute Gasteiger partial charge is 0.497 e. The fraction of sp³-hybridized carbons (Fsp3) is 0.647. The summed E-state index contributed by atoms with van der Waals surface area (Å²) in [5.74, 6) is 0.948. The summed E-state index contributed by atoms with van der Waals surface area (Å²) >= 11 is 0. The monoisotopic (exact) mass is 274 g/mol. The van der Waals surface area contributed by atoms with Crippen LogP contribution >= 0.6 is 0 Å². The number of ether oxygens (including phenoxy) is 1. The van der Waals surface area contributed by atoms with Gasteiger partial charge in [-0.15, -0.1) is 0 Å². The number of piperidine rings is 1. The molecule has 2 aliphatic rings. The number of hydrogen-bond donors (Lipinski definition) is 1. The third-order valence-electron chi connectivity index (χ3n) is 5.06. The number of likely N-dealkylation sites (tertiary alicyclic amines) is 1. The van der Waals surface area contributed by atoms with Crippen molar-refractivity contribution in [3.63, 3.8) is 0 Å². The molecule has 2 heterocycles. The Balaban J connectivity index is 1.49. The van der Waals surface area contributed by atoms with Crippen LogP contribution in [0.25, 0.3) is 0 Å². The summed E-state index contributed by atoms with van der Waals surface area (Å²) in [6.45, 7) is 6.22. The summed E-state index contributed by atoms with van der Waals surface area (Å²) in [4.78, 5) is 2.66. The second-order valence-corrected chi connectivity index (χ2v) is 6.37. The van der Waals surface area contributed by atoms with Gasteiger partial charge in [-0.25, -0.2) is 0 Å². The van der Waals surface area contributed by atoms with Crippen LogP contribution in [0.1, 0.15) is 24.8 Å². The summed E-state index contributed by atoms with van der Waals surface area (Å²) in [6, 6.07) is 8.51. The smallest absolute Gasteiger partial charge is 0.118 e. The van der Waals surface area contributed by atoms with E-state index in [1.807, 2.05) is 0 Å². The molecule has 1 N–H and O–H groups in total. The lowest BCUT2D eigenvalue weighted by atomic mass is 9.78. The van der Waals surface area contributed by atoms with Crippen molar-refractivity contribution >= 4 is 0 Å². The minimum atomic E-state index is 0.630. The van der Waals surface area contributed by atoms with Crippen LogP contribution in [0.15, 0.2) is 24.3 Å². The molecule has 3 rings (SSSR count). The second-order valence-electron chi connectivity index (χ2n) is 6.37. The number of hydrogen-bond acceptors (Lipinski definition) is 3. The fourth-order valence-corrected chi connectivity index (χ4v) is 3.66. The molecule has 0 aliphatic carbocycles. The van der Waals surface area contributed by atoms with Gasteiger partial charge in [-0.2, -0.15) is 0 Å². The van der Waals surface area contributed by atoms with E-state index in [2.05, 4.69) is 34.5 Å². The van der Waals surface area contributed by atoms with Crippen LogP contribution in [0.3, 0.4) is 0 Å². The molecule has 3 nitrogen and oxygen atoms in total. The number of nitrogens with zero attached hydrogens (tertiary/aromatic N) is 1. The maximum absolute atomic E-state index is 5.21. The minimum absolute atomic E-state index is 0.630. The number of rotatable bonds is 4. The molecular weight excluding hydrogens is 248 g/mol. The lowest BCUT2D eigenvalue weighted by Gasteiger charge is -2.33. The Morgan fingerprint density at radius 1 is 1.15 bits per heavy atom. The van der Waals surface area contributed by atoms with Crippen molar-refractivity contribution in [2.24, 2.45) is 5.41 Å². The molecule has 20 heavy (non-hydrogen) atoms. The molecule has 0 unspecified atom stereocenters. The Morgan fingerprint density at radius 2 is 1.90 bits per heavy atom. The van der Waals surface area contributed by atoms with Crippen molar-refractivity contribution < 1.29 is 4.74 Å². The first kappa shape index (κ1) is 13.9. The summed E-state index contributed by atoms with van der Waals surface area (Å²) in [7, 11) is 1.72. The Labute approximate surface area is 122 Å². The summed E-state index contributed by atoms with van der Waals surface area (Å²) in [5.41, 5.74) is 2.04. The van der Waals surface area contributed by atoms with E-state index in [0.717, 1.165) is 12.2 Å². The highest BCUT2D eigenvalue weighted by Gasteiger charge is 2.38. The highest BCUT2D eigenvalue weighted by atomic mass is 16.5. The quantitative estimate of drug-likeness (QED) is 0.912. The zero-order valence-corrected chi connectivity index (χ0v) is 12.5. The lowest BCUT2D eigenvalue weighted by Crippen LogP contribution is -2.38. The molecule has 2 saturated heterocycles. The predicted molar refractivity (Wildman–Crippen MR) is 82.3 cm³/mol. The zero-order chi connectivity index (χ0) is 13.8. The molecule has 0 radical (unpaired) electrons. The standard InChI is InChI=1S/C17H26N2O/c1-20-16-4-2-15(3-5-16)6-12-19-13-9-17(14-19)7-10-18-11-8-17/h2-5,18H,6-14H2,1H3. The van der Waals surface area contributed by atoms with E-state index in [-0.39, 0.29) is 0 Å². The SMILES string of the molecule is COc1ccc(CCN2CCC3(CCNCC3)C2)cc1. The first-order chi connectivity index (χ1) is 9.80. The average Bonchev–Trinajstić information content (AvgIpc) is 2.89. The van der Waals surface area contributed by atoms with Crippen molar-refractivity contribution in [3.05, 3.63) is 29.8 Å². The third-order valence-corrected chi connectivity index (χ3v) is 5.06. The van der Waals surface area contributed by atoms with Crippen LogP contribution in [0.2, 0.25) is 0 Å². The number of benzene rings is 1. The summed E-state index contributed by atoms with van der Waals surface area (Å²) < 4.78 is 5.21. The molecule has 1 aromatic carbocycles. The summed E-state index contributed by atoms with van der Waals surface area (Å²) in [6.07, 6.45) is 5.29.